The molecule has 0 spiro atoms. The molecule has 0 saturated heterocycles. The molecule has 0 fully saturated rings. The molecule has 19 heavy (non-hydrogen) atoms. The highest BCUT2D eigenvalue weighted by Gasteiger charge is 2.16. The lowest BCUT2D eigenvalue weighted by molar-refractivity contribution is -0.122. The van der Waals surface area contributed by atoms with Gasteiger partial charge in [-0.1, -0.05) is 19.9 Å². The minimum absolute atomic E-state index is 0.0193. The second kappa shape index (κ2) is 5.95. The number of rotatable bonds is 5. The first-order valence-electron chi connectivity index (χ1n) is 6.75. The van der Waals surface area contributed by atoms with Crippen LogP contribution in [0, 0.1) is 5.92 Å². The summed E-state index contributed by atoms with van der Waals surface area (Å²) in [4.78, 5) is 11.8. The number of hydrogen-bond acceptors (Lipinski definition) is 3. The normalized spacial score (nSPS) is 14.5. The van der Waals surface area contributed by atoms with E-state index < -0.39 is 0 Å². The van der Waals surface area contributed by atoms with E-state index in [0.717, 1.165) is 23.5 Å². The van der Waals surface area contributed by atoms with Gasteiger partial charge in [0.1, 0.15) is 0 Å². The Hall–Kier alpha value is -1.71. The van der Waals surface area contributed by atoms with Crippen LogP contribution in [0.15, 0.2) is 18.2 Å². The molecule has 1 amide bonds. The van der Waals surface area contributed by atoms with E-state index in [1.807, 2.05) is 25.1 Å². The fourth-order valence-corrected chi connectivity index (χ4v) is 2.00. The van der Waals surface area contributed by atoms with Gasteiger partial charge in [-0.3, -0.25) is 4.79 Å². The van der Waals surface area contributed by atoms with Crippen molar-refractivity contribution in [1.82, 2.24) is 5.32 Å². The first kappa shape index (κ1) is 13.7. The van der Waals surface area contributed by atoms with Crippen LogP contribution in [0.5, 0.6) is 11.5 Å². The molecule has 0 saturated carbocycles. The fourth-order valence-electron chi connectivity index (χ4n) is 2.00. The zero-order chi connectivity index (χ0) is 13.8. The van der Waals surface area contributed by atoms with E-state index in [2.05, 4.69) is 19.2 Å². The van der Waals surface area contributed by atoms with Gasteiger partial charge in [0.05, 0.1) is 6.04 Å². The second-order valence-electron chi connectivity index (χ2n) is 5.33. The van der Waals surface area contributed by atoms with Crippen molar-refractivity contribution in [2.45, 2.75) is 39.7 Å². The molecule has 104 valence electrons. The Kier molecular flexibility index (Phi) is 4.30. The number of amides is 1. The maximum atomic E-state index is 11.8. The van der Waals surface area contributed by atoms with Crippen LogP contribution in [-0.2, 0) is 4.79 Å². The second-order valence-corrected chi connectivity index (χ2v) is 5.33. The summed E-state index contributed by atoms with van der Waals surface area (Å²) >= 11 is 0. The van der Waals surface area contributed by atoms with Gasteiger partial charge >= 0.3 is 0 Å². The molecule has 1 atom stereocenters. The van der Waals surface area contributed by atoms with Crippen LogP contribution < -0.4 is 14.8 Å². The van der Waals surface area contributed by atoms with Gasteiger partial charge in [-0.05, 0) is 37.0 Å². The number of carbonyl (C=O) groups is 1. The number of hydrogen-bond donors (Lipinski definition) is 1. The summed E-state index contributed by atoms with van der Waals surface area (Å²) in [6.07, 6.45) is 1.49. The van der Waals surface area contributed by atoms with E-state index in [1.165, 1.54) is 0 Å². The first-order valence-corrected chi connectivity index (χ1v) is 6.75. The molecular weight excluding hydrogens is 242 g/mol. The maximum absolute atomic E-state index is 11.8. The molecule has 1 heterocycles. The molecule has 1 aromatic carbocycles. The highest BCUT2D eigenvalue weighted by atomic mass is 16.7. The van der Waals surface area contributed by atoms with E-state index >= 15 is 0 Å². The number of fused-ring (bicyclic) bond motifs is 1. The monoisotopic (exact) mass is 263 g/mol. The van der Waals surface area contributed by atoms with E-state index in [0.29, 0.717) is 12.3 Å². The number of carbonyl (C=O) groups excluding carboxylic acids is 1. The van der Waals surface area contributed by atoms with Crippen molar-refractivity contribution in [1.29, 1.82) is 0 Å². The van der Waals surface area contributed by atoms with Gasteiger partial charge in [-0.15, -0.1) is 0 Å². The Labute approximate surface area is 114 Å². The van der Waals surface area contributed by atoms with Gasteiger partial charge in [-0.25, -0.2) is 0 Å². The Morgan fingerprint density at radius 2 is 2.00 bits per heavy atom. The standard InChI is InChI=1S/C15H21NO3/c1-10(2)4-7-15(17)16-11(3)12-5-6-13-14(8-12)19-9-18-13/h5-6,8,10-11H,4,7,9H2,1-3H3,(H,16,17). The molecule has 4 nitrogen and oxygen atoms in total. The number of nitrogens with one attached hydrogen (secondary N) is 1. The van der Waals surface area contributed by atoms with Crippen molar-refractivity contribution in [2.24, 2.45) is 5.92 Å². The molecule has 1 N–H and O–H groups in total. The Bertz CT molecular complexity index is 457. The van der Waals surface area contributed by atoms with Crippen molar-refractivity contribution in [3.63, 3.8) is 0 Å². The predicted octanol–water partition coefficient (Wildman–Crippen LogP) is 3.03. The van der Waals surface area contributed by atoms with Crippen LogP contribution in [-0.4, -0.2) is 12.7 Å². The predicted molar refractivity (Wildman–Crippen MR) is 73.2 cm³/mol. The van der Waals surface area contributed by atoms with Crippen molar-refractivity contribution in [3.8, 4) is 11.5 Å². The lowest BCUT2D eigenvalue weighted by atomic mass is 10.1. The summed E-state index contributed by atoms with van der Waals surface area (Å²) in [6.45, 7) is 6.49. The third-order valence-electron chi connectivity index (χ3n) is 3.22. The van der Waals surface area contributed by atoms with Crippen molar-refractivity contribution in [2.75, 3.05) is 6.79 Å². The molecule has 0 radical (unpaired) electrons. The molecule has 1 aromatic rings. The zero-order valence-electron chi connectivity index (χ0n) is 11.7. The van der Waals surface area contributed by atoms with E-state index in [1.54, 1.807) is 0 Å². The van der Waals surface area contributed by atoms with Gasteiger partial charge in [0.2, 0.25) is 12.7 Å². The quantitative estimate of drug-likeness (QED) is 0.888. The van der Waals surface area contributed by atoms with Crippen molar-refractivity contribution < 1.29 is 14.3 Å². The topological polar surface area (TPSA) is 47.6 Å². The van der Waals surface area contributed by atoms with Crippen LogP contribution in [0.1, 0.15) is 45.2 Å². The summed E-state index contributed by atoms with van der Waals surface area (Å²) < 4.78 is 10.6. The molecule has 2 rings (SSSR count). The first-order chi connectivity index (χ1) is 9.06. The third-order valence-corrected chi connectivity index (χ3v) is 3.22. The minimum atomic E-state index is -0.0193. The zero-order valence-corrected chi connectivity index (χ0v) is 11.7. The lowest BCUT2D eigenvalue weighted by Crippen LogP contribution is -2.26. The Morgan fingerprint density at radius 3 is 2.74 bits per heavy atom. The molecule has 0 bridgehead atoms. The van der Waals surface area contributed by atoms with Gasteiger partial charge in [0.25, 0.3) is 0 Å². The van der Waals surface area contributed by atoms with Crippen molar-refractivity contribution in [3.05, 3.63) is 23.8 Å². The van der Waals surface area contributed by atoms with Crippen LogP contribution in [0.3, 0.4) is 0 Å². The molecule has 4 heteroatoms. The summed E-state index contributed by atoms with van der Waals surface area (Å²) in [5.74, 6) is 2.16. The van der Waals surface area contributed by atoms with Gasteiger partial charge in [0, 0.05) is 6.42 Å². The largest absolute Gasteiger partial charge is 0.454 e. The van der Waals surface area contributed by atoms with Crippen LogP contribution in [0.4, 0.5) is 0 Å². The maximum Gasteiger partial charge on any atom is 0.231 e. The summed E-state index contributed by atoms with van der Waals surface area (Å²) in [5, 5.41) is 3.01. The molecule has 1 aliphatic heterocycles. The van der Waals surface area contributed by atoms with E-state index in [-0.39, 0.29) is 18.7 Å². The Morgan fingerprint density at radius 1 is 1.26 bits per heavy atom. The molecule has 0 aliphatic carbocycles. The van der Waals surface area contributed by atoms with Crippen LogP contribution in [0.2, 0.25) is 0 Å². The molecule has 0 aromatic heterocycles. The van der Waals surface area contributed by atoms with E-state index in [9.17, 15) is 4.79 Å². The highest BCUT2D eigenvalue weighted by Crippen LogP contribution is 2.34. The number of benzene rings is 1. The fraction of sp³-hybridized carbons (Fsp3) is 0.533. The van der Waals surface area contributed by atoms with Gasteiger partial charge in [0.15, 0.2) is 11.5 Å². The van der Waals surface area contributed by atoms with Crippen LogP contribution in [0.25, 0.3) is 0 Å². The van der Waals surface area contributed by atoms with Gasteiger partial charge in [-0.2, -0.15) is 0 Å². The smallest absolute Gasteiger partial charge is 0.231 e. The molecular formula is C15H21NO3. The summed E-state index contributed by atoms with van der Waals surface area (Å²) in [6, 6.07) is 5.75. The summed E-state index contributed by atoms with van der Waals surface area (Å²) in [5.41, 5.74) is 1.03. The average Bonchev–Trinajstić information content (AvgIpc) is 2.83. The molecule has 1 unspecified atom stereocenters. The third kappa shape index (κ3) is 3.63. The van der Waals surface area contributed by atoms with Crippen molar-refractivity contribution >= 4 is 5.91 Å². The highest BCUT2D eigenvalue weighted by molar-refractivity contribution is 5.76. The Balaban J connectivity index is 1.92. The van der Waals surface area contributed by atoms with E-state index in [4.69, 9.17) is 9.47 Å². The average molecular weight is 263 g/mol. The minimum Gasteiger partial charge on any atom is -0.454 e. The van der Waals surface area contributed by atoms with Gasteiger partial charge < -0.3 is 14.8 Å². The molecule has 1 aliphatic rings. The summed E-state index contributed by atoms with van der Waals surface area (Å²) in [7, 11) is 0. The lowest BCUT2D eigenvalue weighted by Gasteiger charge is -2.15. The SMILES string of the molecule is CC(C)CCC(=O)NC(C)c1ccc2c(c1)OCO2. The number of ether oxygens (including phenoxy) is 2. The van der Waals surface area contributed by atoms with Crippen LogP contribution >= 0.6 is 0 Å².